The summed E-state index contributed by atoms with van der Waals surface area (Å²) in [5, 5.41) is 12.3. The number of aliphatic hydroxyl groups is 1. The van der Waals surface area contributed by atoms with Crippen LogP contribution >= 0.6 is 11.3 Å². The lowest BCUT2D eigenvalue weighted by Crippen LogP contribution is -2.01. The van der Waals surface area contributed by atoms with Crippen LogP contribution in [0.25, 0.3) is 0 Å². The molecule has 0 amide bonds. The van der Waals surface area contributed by atoms with Gasteiger partial charge in [-0.1, -0.05) is 29.8 Å². The second-order valence-electron chi connectivity index (χ2n) is 4.85. The topological polar surface area (TPSA) is 20.2 Å². The smallest absolute Gasteiger partial charge is 0.0792 e. The Balaban J connectivity index is 1.89. The molecule has 0 aliphatic heterocycles. The fourth-order valence-corrected chi connectivity index (χ4v) is 3.03. The molecule has 0 spiro atoms. The van der Waals surface area contributed by atoms with Crippen molar-refractivity contribution < 1.29 is 5.11 Å². The first-order valence-corrected chi connectivity index (χ1v) is 7.32. The molecule has 2 aromatic rings. The second kappa shape index (κ2) is 6.17. The number of rotatable bonds is 5. The van der Waals surface area contributed by atoms with Crippen LogP contribution in [-0.2, 0) is 6.42 Å². The van der Waals surface area contributed by atoms with Gasteiger partial charge in [0.25, 0.3) is 0 Å². The molecule has 1 atom stereocenters. The van der Waals surface area contributed by atoms with E-state index in [2.05, 4.69) is 49.6 Å². The van der Waals surface area contributed by atoms with Gasteiger partial charge in [-0.05, 0) is 55.7 Å². The number of benzene rings is 1. The highest BCUT2D eigenvalue weighted by atomic mass is 32.1. The lowest BCUT2D eigenvalue weighted by molar-refractivity contribution is 0.164. The molecule has 1 aromatic heterocycles. The van der Waals surface area contributed by atoms with Crippen molar-refractivity contribution in [3.8, 4) is 0 Å². The first-order chi connectivity index (χ1) is 8.66. The van der Waals surface area contributed by atoms with Crippen molar-refractivity contribution in [3.63, 3.8) is 0 Å². The summed E-state index contributed by atoms with van der Waals surface area (Å²) in [5.41, 5.74) is 3.52. The van der Waals surface area contributed by atoms with Gasteiger partial charge >= 0.3 is 0 Å². The van der Waals surface area contributed by atoms with Crippen LogP contribution in [0.5, 0.6) is 0 Å². The second-order valence-corrected chi connectivity index (χ2v) is 5.88. The van der Waals surface area contributed by atoms with Gasteiger partial charge in [-0.3, -0.25) is 0 Å². The summed E-state index contributed by atoms with van der Waals surface area (Å²) in [5.74, 6) is 0. The van der Waals surface area contributed by atoms with E-state index in [0.717, 1.165) is 24.8 Å². The number of hydrogen-bond donors (Lipinski definition) is 1. The molecule has 2 heteroatoms. The standard InChI is InChI=1S/C16H20OS/c1-12-8-9-15(13(2)11-12)16(17)7-3-5-14-6-4-10-18-14/h4,6,8-11,16-17H,3,5,7H2,1-2H3. The zero-order chi connectivity index (χ0) is 13.0. The highest BCUT2D eigenvalue weighted by molar-refractivity contribution is 7.09. The number of thiophene rings is 1. The molecule has 18 heavy (non-hydrogen) atoms. The Bertz CT molecular complexity index is 488. The van der Waals surface area contributed by atoms with Crippen molar-refractivity contribution in [1.82, 2.24) is 0 Å². The largest absolute Gasteiger partial charge is 0.388 e. The van der Waals surface area contributed by atoms with Crippen molar-refractivity contribution in [2.45, 2.75) is 39.2 Å². The van der Waals surface area contributed by atoms with Gasteiger partial charge in [-0.15, -0.1) is 11.3 Å². The van der Waals surface area contributed by atoms with Gasteiger partial charge < -0.3 is 5.11 Å². The van der Waals surface area contributed by atoms with E-state index in [-0.39, 0.29) is 6.10 Å². The third-order valence-corrected chi connectivity index (χ3v) is 4.20. The molecule has 2 rings (SSSR count). The zero-order valence-corrected chi connectivity index (χ0v) is 11.8. The lowest BCUT2D eigenvalue weighted by atomic mass is 9.97. The van der Waals surface area contributed by atoms with Crippen LogP contribution < -0.4 is 0 Å². The van der Waals surface area contributed by atoms with Crippen LogP contribution in [0.3, 0.4) is 0 Å². The molecule has 0 aliphatic carbocycles. The fourth-order valence-electron chi connectivity index (χ4n) is 2.28. The number of hydrogen-bond acceptors (Lipinski definition) is 2. The zero-order valence-electron chi connectivity index (χ0n) is 11.0. The Kier molecular flexibility index (Phi) is 4.56. The molecule has 0 saturated carbocycles. The molecule has 1 aromatic carbocycles. The Morgan fingerprint density at radius 2 is 2.06 bits per heavy atom. The lowest BCUT2D eigenvalue weighted by Gasteiger charge is -2.14. The first kappa shape index (κ1) is 13.3. The van der Waals surface area contributed by atoms with Crippen LogP contribution in [0.15, 0.2) is 35.7 Å². The van der Waals surface area contributed by atoms with Gasteiger partial charge in [-0.25, -0.2) is 0 Å². The summed E-state index contributed by atoms with van der Waals surface area (Å²) in [6, 6.07) is 10.5. The van der Waals surface area contributed by atoms with E-state index in [1.54, 1.807) is 11.3 Å². The van der Waals surface area contributed by atoms with Gasteiger partial charge in [0.1, 0.15) is 0 Å². The highest BCUT2D eigenvalue weighted by Gasteiger charge is 2.10. The summed E-state index contributed by atoms with van der Waals surface area (Å²) in [7, 11) is 0. The van der Waals surface area contributed by atoms with Crippen molar-refractivity contribution >= 4 is 11.3 Å². The normalized spacial score (nSPS) is 12.6. The van der Waals surface area contributed by atoms with E-state index in [1.807, 2.05) is 0 Å². The van der Waals surface area contributed by atoms with Crippen LogP contribution in [0.1, 0.15) is 40.5 Å². The monoisotopic (exact) mass is 260 g/mol. The molecule has 1 nitrogen and oxygen atoms in total. The molecule has 0 radical (unpaired) electrons. The molecule has 1 unspecified atom stereocenters. The van der Waals surface area contributed by atoms with E-state index >= 15 is 0 Å². The number of aryl methyl sites for hydroxylation is 3. The molecule has 1 N–H and O–H groups in total. The minimum Gasteiger partial charge on any atom is -0.388 e. The quantitative estimate of drug-likeness (QED) is 0.843. The van der Waals surface area contributed by atoms with Gasteiger partial charge in [0, 0.05) is 4.88 Å². The summed E-state index contributed by atoms with van der Waals surface area (Å²) in [6.45, 7) is 4.16. The molecule has 96 valence electrons. The summed E-state index contributed by atoms with van der Waals surface area (Å²) >= 11 is 1.79. The third-order valence-electron chi connectivity index (χ3n) is 3.27. The van der Waals surface area contributed by atoms with Crippen molar-refractivity contribution in [2.24, 2.45) is 0 Å². The minimum atomic E-state index is -0.328. The highest BCUT2D eigenvalue weighted by Crippen LogP contribution is 2.24. The van der Waals surface area contributed by atoms with Crippen molar-refractivity contribution in [1.29, 1.82) is 0 Å². The maximum Gasteiger partial charge on any atom is 0.0792 e. The summed E-state index contributed by atoms with van der Waals surface area (Å²) in [4.78, 5) is 1.41. The van der Waals surface area contributed by atoms with Crippen LogP contribution in [0.4, 0.5) is 0 Å². The van der Waals surface area contributed by atoms with E-state index in [0.29, 0.717) is 0 Å². The van der Waals surface area contributed by atoms with Gasteiger partial charge in [0.15, 0.2) is 0 Å². The average Bonchev–Trinajstić information content (AvgIpc) is 2.81. The predicted octanol–water partition coefficient (Wildman–Crippen LogP) is 4.42. The molecule has 0 bridgehead atoms. The molecule has 0 saturated heterocycles. The van der Waals surface area contributed by atoms with Crippen molar-refractivity contribution in [2.75, 3.05) is 0 Å². The third kappa shape index (κ3) is 3.44. The summed E-state index contributed by atoms with van der Waals surface area (Å²) in [6.07, 6.45) is 2.61. The van der Waals surface area contributed by atoms with Crippen LogP contribution in [0.2, 0.25) is 0 Å². The number of aliphatic hydroxyl groups excluding tert-OH is 1. The maximum absolute atomic E-state index is 10.2. The SMILES string of the molecule is Cc1ccc(C(O)CCCc2cccs2)c(C)c1. The predicted molar refractivity (Wildman–Crippen MR) is 78.1 cm³/mol. The Morgan fingerprint density at radius 1 is 1.22 bits per heavy atom. The molecule has 0 fully saturated rings. The fraction of sp³-hybridized carbons (Fsp3) is 0.375. The molecular weight excluding hydrogens is 240 g/mol. The molecule has 1 heterocycles. The van der Waals surface area contributed by atoms with Crippen LogP contribution in [0, 0.1) is 13.8 Å². The van der Waals surface area contributed by atoms with Gasteiger partial charge in [0.05, 0.1) is 6.10 Å². The van der Waals surface area contributed by atoms with Gasteiger partial charge in [-0.2, -0.15) is 0 Å². The van der Waals surface area contributed by atoms with Crippen LogP contribution in [-0.4, -0.2) is 5.11 Å². The Hall–Kier alpha value is -1.12. The molecule has 0 aliphatic rings. The minimum absolute atomic E-state index is 0.328. The van der Waals surface area contributed by atoms with Crippen molar-refractivity contribution in [3.05, 3.63) is 57.3 Å². The first-order valence-electron chi connectivity index (χ1n) is 6.44. The van der Waals surface area contributed by atoms with E-state index in [4.69, 9.17) is 0 Å². The summed E-state index contributed by atoms with van der Waals surface area (Å²) < 4.78 is 0. The van der Waals surface area contributed by atoms with Gasteiger partial charge in [0.2, 0.25) is 0 Å². The maximum atomic E-state index is 10.2. The van der Waals surface area contributed by atoms with E-state index in [1.165, 1.54) is 16.0 Å². The van der Waals surface area contributed by atoms with E-state index < -0.39 is 0 Å². The Labute approximate surface area is 113 Å². The Morgan fingerprint density at radius 3 is 2.72 bits per heavy atom. The van der Waals surface area contributed by atoms with E-state index in [9.17, 15) is 5.11 Å². The average molecular weight is 260 g/mol. The molecular formula is C16H20OS.